The Bertz CT molecular complexity index is 184. The second-order valence-electron chi connectivity index (χ2n) is 3.79. The zero-order valence-electron chi connectivity index (χ0n) is 9.49. The molecule has 15 heavy (non-hydrogen) atoms. The van der Waals surface area contributed by atoms with Gasteiger partial charge in [-0.15, -0.1) is 12.4 Å². The zero-order chi connectivity index (χ0) is 10.4. The Morgan fingerprint density at radius 3 is 2.80 bits per heavy atom. The summed E-state index contributed by atoms with van der Waals surface area (Å²) in [6, 6.07) is 0. The Morgan fingerprint density at radius 1 is 1.53 bits per heavy atom. The number of hydrogen-bond donors (Lipinski definition) is 1. The predicted octanol–water partition coefficient (Wildman–Crippen LogP) is 0.655. The van der Waals surface area contributed by atoms with Gasteiger partial charge in [-0.2, -0.15) is 0 Å². The second-order valence-corrected chi connectivity index (χ2v) is 3.79. The Balaban J connectivity index is 0.00000196. The molecule has 1 atom stereocenters. The molecule has 1 rings (SSSR count). The van der Waals surface area contributed by atoms with Gasteiger partial charge < -0.3 is 15.0 Å². The highest BCUT2D eigenvalue weighted by Crippen LogP contribution is 2.13. The molecule has 0 aromatic heterocycles. The molecule has 0 radical (unpaired) electrons. The lowest BCUT2D eigenvalue weighted by atomic mass is 10.1. The van der Waals surface area contributed by atoms with Gasteiger partial charge in [0.1, 0.15) is 0 Å². The van der Waals surface area contributed by atoms with Crippen molar-refractivity contribution in [2.75, 3.05) is 33.8 Å². The molecule has 90 valence electrons. The number of rotatable bonds is 4. The van der Waals surface area contributed by atoms with Crippen LogP contribution in [0.5, 0.6) is 0 Å². The number of carbonyl (C=O) groups is 1. The van der Waals surface area contributed by atoms with Crippen molar-refractivity contribution < 1.29 is 9.53 Å². The van der Waals surface area contributed by atoms with E-state index in [4.69, 9.17) is 4.74 Å². The molecule has 1 amide bonds. The number of nitrogens with one attached hydrogen (secondary N) is 1. The topological polar surface area (TPSA) is 41.6 Å². The van der Waals surface area contributed by atoms with E-state index < -0.39 is 0 Å². The van der Waals surface area contributed by atoms with Crippen molar-refractivity contribution in [2.24, 2.45) is 0 Å². The van der Waals surface area contributed by atoms with Crippen molar-refractivity contribution in [3.8, 4) is 0 Å². The van der Waals surface area contributed by atoms with Crippen LogP contribution in [0.4, 0.5) is 0 Å². The average molecular weight is 237 g/mol. The highest BCUT2D eigenvalue weighted by Gasteiger charge is 2.17. The number of likely N-dealkylation sites (N-methyl/N-ethyl adjacent to an activating group) is 2. The van der Waals surface area contributed by atoms with Crippen LogP contribution >= 0.6 is 12.4 Å². The van der Waals surface area contributed by atoms with Crippen molar-refractivity contribution in [3.05, 3.63) is 0 Å². The molecule has 0 bridgehead atoms. The van der Waals surface area contributed by atoms with Crippen LogP contribution in [0, 0.1) is 0 Å². The lowest BCUT2D eigenvalue weighted by Gasteiger charge is -2.27. The van der Waals surface area contributed by atoms with Crippen molar-refractivity contribution in [2.45, 2.75) is 25.4 Å². The molecular formula is C10H21ClN2O2. The Kier molecular flexibility index (Phi) is 7.74. The fraction of sp³-hybridized carbons (Fsp3) is 0.900. The van der Waals surface area contributed by atoms with E-state index in [0.29, 0.717) is 6.54 Å². The normalized spacial score (nSPS) is 20.5. The maximum atomic E-state index is 11.4. The molecule has 1 heterocycles. The van der Waals surface area contributed by atoms with Gasteiger partial charge in [-0.3, -0.25) is 4.79 Å². The summed E-state index contributed by atoms with van der Waals surface area (Å²) in [6.07, 6.45) is 3.70. The van der Waals surface area contributed by atoms with E-state index in [1.807, 2.05) is 7.05 Å². The first-order chi connectivity index (χ1) is 6.74. The molecule has 0 aromatic carbocycles. The number of nitrogens with zero attached hydrogens (tertiary/aromatic N) is 1. The molecule has 1 saturated heterocycles. The SMILES string of the molecule is CNCC(=O)N(C)CC1CCCCO1.Cl. The Morgan fingerprint density at radius 2 is 2.27 bits per heavy atom. The van der Waals surface area contributed by atoms with Crippen LogP contribution in [0.3, 0.4) is 0 Å². The first kappa shape index (κ1) is 14.7. The van der Waals surface area contributed by atoms with Gasteiger partial charge in [-0.1, -0.05) is 0 Å². The van der Waals surface area contributed by atoms with Crippen LogP contribution in [0.25, 0.3) is 0 Å². The quantitative estimate of drug-likeness (QED) is 0.780. The molecule has 1 unspecified atom stereocenters. The molecule has 0 saturated carbocycles. The van der Waals surface area contributed by atoms with Crippen LogP contribution in [0.2, 0.25) is 0 Å². The summed E-state index contributed by atoms with van der Waals surface area (Å²) in [6.45, 7) is 1.97. The summed E-state index contributed by atoms with van der Waals surface area (Å²) in [5.41, 5.74) is 0. The van der Waals surface area contributed by atoms with E-state index in [1.54, 1.807) is 11.9 Å². The monoisotopic (exact) mass is 236 g/mol. The largest absolute Gasteiger partial charge is 0.376 e. The van der Waals surface area contributed by atoms with E-state index in [1.165, 1.54) is 6.42 Å². The van der Waals surface area contributed by atoms with Gasteiger partial charge in [0.25, 0.3) is 0 Å². The predicted molar refractivity (Wildman–Crippen MR) is 62.4 cm³/mol. The lowest BCUT2D eigenvalue weighted by Crippen LogP contribution is -2.40. The highest BCUT2D eigenvalue weighted by atomic mass is 35.5. The summed E-state index contributed by atoms with van der Waals surface area (Å²) >= 11 is 0. The third kappa shape index (κ3) is 5.35. The highest BCUT2D eigenvalue weighted by molar-refractivity contribution is 5.85. The van der Waals surface area contributed by atoms with Crippen molar-refractivity contribution in [1.29, 1.82) is 0 Å². The van der Waals surface area contributed by atoms with E-state index >= 15 is 0 Å². The lowest BCUT2D eigenvalue weighted by molar-refractivity contribution is -0.131. The molecule has 0 aromatic rings. The van der Waals surface area contributed by atoms with Gasteiger partial charge in [0, 0.05) is 20.2 Å². The third-order valence-corrected chi connectivity index (χ3v) is 2.51. The van der Waals surface area contributed by atoms with Crippen molar-refractivity contribution in [1.82, 2.24) is 10.2 Å². The van der Waals surface area contributed by atoms with E-state index in [-0.39, 0.29) is 24.4 Å². The molecule has 0 aliphatic carbocycles. The Labute approximate surface area is 97.8 Å². The van der Waals surface area contributed by atoms with E-state index in [0.717, 1.165) is 26.0 Å². The number of hydrogen-bond acceptors (Lipinski definition) is 3. The molecular weight excluding hydrogens is 216 g/mol. The standard InChI is InChI=1S/C10H20N2O2.ClH/c1-11-7-10(13)12(2)8-9-5-3-4-6-14-9;/h9,11H,3-8H2,1-2H3;1H. The Hall–Kier alpha value is -0.320. The molecule has 4 nitrogen and oxygen atoms in total. The summed E-state index contributed by atoms with van der Waals surface area (Å²) in [7, 11) is 3.61. The summed E-state index contributed by atoms with van der Waals surface area (Å²) in [5, 5.41) is 2.85. The fourth-order valence-electron chi connectivity index (χ4n) is 1.64. The maximum absolute atomic E-state index is 11.4. The van der Waals surface area contributed by atoms with Crippen molar-refractivity contribution >= 4 is 18.3 Å². The van der Waals surface area contributed by atoms with Crippen LogP contribution in [0.15, 0.2) is 0 Å². The van der Waals surface area contributed by atoms with Gasteiger partial charge in [0.2, 0.25) is 5.91 Å². The number of carbonyl (C=O) groups excluding carboxylic acids is 1. The van der Waals surface area contributed by atoms with Gasteiger partial charge in [-0.25, -0.2) is 0 Å². The molecule has 1 aliphatic heterocycles. The minimum Gasteiger partial charge on any atom is -0.376 e. The first-order valence-electron chi connectivity index (χ1n) is 5.24. The van der Waals surface area contributed by atoms with Gasteiger partial charge in [0.15, 0.2) is 0 Å². The maximum Gasteiger partial charge on any atom is 0.236 e. The van der Waals surface area contributed by atoms with Crippen LogP contribution < -0.4 is 5.32 Å². The second kappa shape index (κ2) is 7.91. The molecule has 1 aliphatic rings. The molecule has 1 fully saturated rings. The molecule has 5 heteroatoms. The summed E-state index contributed by atoms with van der Waals surface area (Å²) in [4.78, 5) is 13.2. The van der Waals surface area contributed by atoms with Crippen LogP contribution in [-0.4, -0.2) is 50.7 Å². The minimum atomic E-state index is 0. The number of amides is 1. The fourth-order valence-corrected chi connectivity index (χ4v) is 1.64. The van der Waals surface area contributed by atoms with Gasteiger partial charge in [0.05, 0.1) is 12.6 Å². The van der Waals surface area contributed by atoms with E-state index in [2.05, 4.69) is 5.32 Å². The zero-order valence-corrected chi connectivity index (χ0v) is 10.3. The van der Waals surface area contributed by atoms with Crippen LogP contribution in [-0.2, 0) is 9.53 Å². The summed E-state index contributed by atoms with van der Waals surface area (Å²) < 4.78 is 5.56. The average Bonchev–Trinajstić information content (AvgIpc) is 2.19. The minimum absolute atomic E-state index is 0. The smallest absolute Gasteiger partial charge is 0.236 e. The molecule has 0 spiro atoms. The van der Waals surface area contributed by atoms with Gasteiger partial charge in [-0.05, 0) is 26.3 Å². The first-order valence-corrected chi connectivity index (χ1v) is 5.24. The number of ether oxygens (including phenoxy) is 1. The van der Waals surface area contributed by atoms with Crippen LogP contribution in [0.1, 0.15) is 19.3 Å². The van der Waals surface area contributed by atoms with Gasteiger partial charge >= 0.3 is 0 Å². The summed E-state index contributed by atoms with van der Waals surface area (Å²) in [5.74, 6) is 0.127. The van der Waals surface area contributed by atoms with E-state index in [9.17, 15) is 4.79 Å². The van der Waals surface area contributed by atoms with Crippen molar-refractivity contribution in [3.63, 3.8) is 0 Å². The molecule has 1 N–H and O–H groups in total. The number of halogens is 1. The third-order valence-electron chi connectivity index (χ3n) is 2.51.